The normalized spacial score (nSPS) is 14.9. The van der Waals surface area contributed by atoms with Gasteiger partial charge in [-0.2, -0.15) is 0 Å². The number of pyridine rings is 1. The number of nitrogens with zero attached hydrogens (tertiary/aromatic N) is 2. The Balaban J connectivity index is 1.72. The van der Waals surface area contributed by atoms with Crippen molar-refractivity contribution in [3.8, 4) is 0 Å². The van der Waals surface area contributed by atoms with E-state index in [2.05, 4.69) is 49.9 Å². The van der Waals surface area contributed by atoms with Crippen LogP contribution in [0.25, 0.3) is 0 Å². The minimum absolute atomic E-state index is 0.605. The summed E-state index contributed by atoms with van der Waals surface area (Å²) < 4.78 is 2.25. The van der Waals surface area contributed by atoms with E-state index in [-0.39, 0.29) is 0 Å². The number of anilines is 1. The fourth-order valence-corrected chi connectivity index (χ4v) is 3.32. The Labute approximate surface area is 102 Å². The summed E-state index contributed by atoms with van der Waals surface area (Å²) in [4.78, 5) is 7.04. The van der Waals surface area contributed by atoms with E-state index in [1.165, 1.54) is 30.8 Å². The molecule has 82 valence electrons. The molecule has 3 rings (SSSR count). The molecule has 0 aliphatic carbocycles. The molecule has 0 saturated carbocycles. The van der Waals surface area contributed by atoms with E-state index in [1.807, 2.05) is 0 Å². The first-order valence-corrected chi connectivity index (χ1v) is 7.65. The number of aromatic nitrogens is 1. The second kappa shape index (κ2) is 4.44. The quantitative estimate of drug-likeness (QED) is 0.606. The molecule has 0 spiro atoms. The Bertz CT molecular complexity index is 443. The Morgan fingerprint density at radius 1 is 1.19 bits per heavy atom. The van der Waals surface area contributed by atoms with Gasteiger partial charge < -0.3 is 0 Å². The Morgan fingerprint density at radius 3 is 2.56 bits per heavy atom. The van der Waals surface area contributed by atoms with Crippen LogP contribution < -0.4 is 9.47 Å². The molecule has 0 N–H and O–H groups in total. The van der Waals surface area contributed by atoms with Crippen LogP contribution in [0.5, 0.6) is 0 Å². The zero-order valence-corrected chi connectivity index (χ0v) is 10.9. The topological polar surface area (TPSA) is 7.12 Å². The summed E-state index contributed by atoms with van der Waals surface area (Å²) in [6.07, 6.45) is 5.72. The summed E-state index contributed by atoms with van der Waals surface area (Å²) >= 11 is 0.605. The van der Waals surface area contributed by atoms with Crippen LogP contribution in [-0.4, -0.2) is 27.6 Å². The Kier molecular flexibility index (Phi) is 2.81. The van der Waals surface area contributed by atoms with Crippen LogP contribution in [0.1, 0.15) is 12.0 Å². The molecule has 3 heteroatoms. The first-order chi connectivity index (χ1) is 7.92. The van der Waals surface area contributed by atoms with Gasteiger partial charge in [-0.25, -0.2) is 0 Å². The molecule has 0 unspecified atom stereocenters. The van der Waals surface area contributed by atoms with Gasteiger partial charge in [0, 0.05) is 0 Å². The third-order valence-electron chi connectivity index (χ3n) is 3.04. The van der Waals surface area contributed by atoms with Gasteiger partial charge in [-0.15, -0.1) is 0 Å². The monoisotopic (exact) mass is 279 g/mol. The molecule has 0 amide bonds. The average Bonchev–Trinajstić information content (AvgIpc) is 2.71. The van der Waals surface area contributed by atoms with Gasteiger partial charge in [0.25, 0.3) is 0 Å². The number of rotatable bonds is 3. The molecule has 0 bridgehead atoms. The van der Waals surface area contributed by atoms with Crippen molar-refractivity contribution in [2.75, 3.05) is 18.0 Å². The molecule has 16 heavy (non-hydrogen) atoms. The molecule has 1 fully saturated rings. The van der Waals surface area contributed by atoms with Crippen molar-refractivity contribution in [1.82, 2.24) is 0 Å². The molecule has 3 heterocycles. The maximum absolute atomic E-state index is 2.42. The molecule has 2 aromatic heterocycles. The van der Waals surface area contributed by atoms with Gasteiger partial charge in [0.15, 0.2) is 0 Å². The van der Waals surface area contributed by atoms with E-state index in [9.17, 15) is 0 Å². The molecule has 0 atom stereocenters. The summed E-state index contributed by atoms with van der Waals surface area (Å²) in [7, 11) is 0. The van der Waals surface area contributed by atoms with Crippen LogP contribution in [0.4, 0.5) is 5.69 Å². The van der Waals surface area contributed by atoms with Crippen molar-refractivity contribution in [2.24, 2.45) is 0 Å². The second-order valence-corrected chi connectivity index (χ2v) is 5.84. The zero-order valence-electron chi connectivity index (χ0n) is 9.17. The molecule has 2 nitrogen and oxygen atoms in total. The van der Waals surface area contributed by atoms with Crippen molar-refractivity contribution in [3.05, 3.63) is 46.0 Å². The van der Waals surface area contributed by atoms with Gasteiger partial charge in [-0.05, 0) is 0 Å². The molecular weight excluding hydrogens is 263 g/mol. The van der Waals surface area contributed by atoms with Crippen molar-refractivity contribution < 1.29 is 4.57 Å². The summed E-state index contributed by atoms with van der Waals surface area (Å²) in [6.45, 7) is 3.46. The molecule has 2 aromatic rings. The molecule has 1 aliphatic rings. The van der Waals surface area contributed by atoms with Gasteiger partial charge in [-0.3, -0.25) is 0 Å². The standard InChI is InChI=1S/C13H15N2Se/c1-5-15(6-1)13-2-7-14(8-3-13)10-12-4-9-16-11-12/h2-4,7-9,11H,1,5-6,10H2/q+1. The van der Waals surface area contributed by atoms with Crippen LogP contribution in [0, 0.1) is 0 Å². The summed E-state index contributed by atoms with van der Waals surface area (Å²) in [5.74, 6) is 0. The first-order valence-electron chi connectivity index (χ1n) is 5.67. The van der Waals surface area contributed by atoms with E-state index in [1.54, 1.807) is 0 Å². The molecule has 0 aromatic carbocycles. The van der Waals surface area contributed by atoms with Crippen molar-refractivity contribution in [2.45, 2.75) is 13.0 Å². The SMILES string of the molecule is c1cc(C[n+]2ccc(N3CCC3)cc2)c[se]1. The van der Waals surface area contributed by atoms with E-state index in [4.69, 9.17) is 0 Å². The van der Waals surface area contributed by atoms with Gasteiger partial charge in [-0.1, -0.05) is 0 Å². The Hall–Kier alpha value is -1.05. The van der Waals surface area contributed by atoms with Crippen LogP contribution in [0.2, 0.25) is 0 Å². The molecule has 1 saturated heterocycles. The third kappa shape index (κ3) is 2.06. The maximum atomic E-state index is 2.42. The Morgan fingerprint density at radius 2 is 2.00 bits per heavy atom. The third-order valence-corrected chi connectivity index (χ3v) is 4.58. The van der Waals surface area contributed by atoms with Crippen molar-refractivity contribution >= 4 is 20.2 Å². The summed E-state index contributed by atoms with van der Waals surface area (Å²) in [5, 5.41) is 0. The number of hydrogen-bond donors (Lipinski definition) is 0. The van der Waals surface area contributed by atoms with E-state index >= 15 is 0 Å². The van der Waals surface area contributed by atoms with Gasteiger partial charge >= 0.3 is 102 Å². The number of hydrogen-bond acceptors (Lipinski definition) is 1. The van der Waals surface area contributed by atoms with E-state index in [0.717, 1.165) is 6.54 Å². The van der Waals surface area contributed by atoms with Crippen LogP contribution in [0.3, 0.4) is 0 Å². The predicted octanol–water partition coefficient (Wildman–Crippen LogP) is 1.29. The van der Waals surface area contributed by atoms with Gasteiger partial charge in [0.05, 0.1) is 0 Å². The summed E-state index contributed by atoms with van der Waals surface area (Å²) in [6, 6.07) is 6.70. The van der Waals surface area contributed by atoms with Crippen LogP contribution >= 0.6 is 0 Å². The molecular formula is C13H15N2Se+. The summed E-state index contributed by atoms with van der Waals surface area (Å²) in [5.41, 5.74) is 2.81. The van der Waals surface area contributed by atoms with Crippen LogP contribution in [0.15, 0.2) is 40.5 Å². The zero-order chi connectivity index (χ0) is 10.8. The average molecular weight is 278 g/mol. The minimum atomic E-state index is 0.605. The van der Waals surface area contributed by atoms with Gasteiger partial charge in [0.1, 0.15) is 0 Å². The van der Waals surface area contributed by atoms with Crippen molar-refractivity contribution in [1.29, 1.82) is 0 Å². The van der Waals surface area contributed by atoms with Gasteiger partial charge in [0.2, 0.25) is 0 Å². The molecule has 0 radical (unpaired) electrons. The van der Waals surface area contributed by atoms with Crippen molar-refractivity contribution in [3.63, 3.8) is 0 Å². The van der Waals surface area contributed by atoms with Crippen LogP contribution in [-0.2, 0) is 6.54 Å². The van der Waals surface area contributed by atoms with E-state index < -0.39 is 0 Å². The fourth-order valence-electron chi connectivity index (χ4n) is 1.93. The van der Waals surface area contributed by atoms with E-state index in [0.29, 0.717) is 14.5 Å². The second-order valence-electron chi connectivity index (χ2n) is 4.20. The predicted molar refractivity (Wildman–Crippen MR) is 66.0 cm³/mol. The first kappa shape index (κ1) is 10.1. The molecule has 1 aliphatic heterocycles. The fraction of sp³-hybridized carbons (Fsp3) is 0.308.